The lowest BCUT2D eigenvalue weighted by Crippen LogP contribution is -2.01. The van der Waals surface area contributed by atoms with Crippen molar-refractivity contribution in [2.75, 3.05) is 0 Å². The summed E-state index contributed by atoms with van der Waals surface area (Å²) in [5.74, 6) is 0.157. The molecule has 2 aromatic rings. The molecule has 0 unspecified atom stereocenters. The van der Waals surface area contributed by atoms with Crippen LogP contribution in [0.15, 0.2) is 35.1 Å². The van der Waals surface area contributed by atoms with Crippen molar-refractivity contribution in [3.05, 3.63) is 40.7 Å². The molecule has 0 aliphatic carbocycles. The first-order valence-electron chi connectivity index (χ1n) is 4.58. The zero-order valence-corrected chi connectivity index (χ0v) is 8.24. The Morgan fingerprint density at radius 1 is 1.14 bits per heavy atom. The molecule has 14 heavy (non-hydrogen) atoms. The lowest BCUT2D eigenvalue weighted by atomic mass is 10.2. The van der Waals surface area contributed by atoms with E-state index >= 15 is 0 Å². The molecule has 0 bridgehead atoms. The van der Waals surface area contributed by atoms with Crippen molar-refractivity contribution in [1.82, 2.24) is 4.98 Å². The van der Waals surface area contributed by atoms with Gasteiger partial charge in [-0.15, -0.1) is 0 Å². The third kappa shape index (κ3) is 2.13. The summed E-state index contributed by atoms with van der Waals surface area (Å²) in [5.41, 5.74) is 0.496. The Bertz CT molecular complexity index is 474. The number of phenolic OH excluding ortho intramolecular Hbond substituents is 1. The minimum absolute atomic E-state index is 0.157. The van der Waals surface area contributed by atoms with Gasteiger partial charge in [0.25, 0.3) is 0 Å². The molecule has 0 saturated carbocycles. The number of aromatic hydroxyl groups is 1. The molecule has 2 N–H and O–H groups in total. The molecule has 0 atom stereocenters. The van der Waals surface area contributed by atoms with Crippen LogP contribution in [-0.4, -0.2) is 10.1 Å². The van der Waals surface area contributed by atoms with Crippen molar-refractivity contribution in [3.8, 4) is 5.75 Å². The molecule has 0 fully saturated rings. The van der Waals surface area contributed by atoms with Crippen LogP contribution in [0.25, 0.3) is 10.9 Å². The number of aromatic nitrogens is 1. The number of fused-ring (bicyclic) bond motifs is 1. The molecule has 0 aliphatic heterocycles. The minimum Gasteiger partial charge on any atom is -0.508 e. The summed E-state index contributed by atoms with van der Waals surface area (Å²) < 4.78 is 0. The molecule has 1 aromatic heterocycles. The van der Waals surface area contributed by atoms with Crippen molar-refractivity contribution in [2.45, 2.75) is 13.8 Å². The van der Waals surface area contributed by atoms with E-state index in [4.69, 9.17) is 5.11 Å². The fraction of sp³-hybridized carbons (Fsp3) is 0.182. The average Bonchev–Trinajstić information content (AvgIpc) is 2.20. The first-order chi connectivity index (χ1) is 6.75. The van der Waals surface area contributed by atoms with Crippen molar-refractivity contribution in [2.24, 2.45) is 0 Å². The second-order valence-corrected chi connectivity index (χ2v) is 2.59. The molecule has 0 spiro atoms. The van der Waals surface area contributed by atoms with Gasteiger partial charge in [-0.1, -0.05) is 13.8 Å². The number of pyridine rings is 1. The highest BCUT2D eigenvalue weighted by Gasteiger charge is 1.94. The van der Waals surface area contributed by atoms with E-state index in [0.717, 1.165) is 5.39 Å². The van der Waals surface area contributed by atoms with Crippen LogP contribution in [0, 0.1) is 0 Å². The van der Waals surface area contributed by atoms with Crippen molar-refractivity contribution in [3.63, 3.8) is 0 Å². The number of benzene rings is 1. The third-order valence-corrected chi connectivity index (χ3v) is 1.71. The SMILES string of the molecule is CC.O=c1ccc2ccc(O)cc2[nH]1. The minimum atomic E-state index is -0.159. The molecular weight excluding hydrogens is 178 g/mol. The summed E-state index contributed by atoms with van der Waals surface area (Å²) in [6, 6.07) is 8.03. The largest absolute Gasteiger partial charge is 0.508 e. The molecule has 2 rings (SSSR count). The van der Waals surface area contributed by atoms with Gasteiger partial charge in [-0.2, -0.15) is 0 Å². The van der Waals surface area contributed by atoms with Crippen LogP contribution in [0.2, 0.25) is 0 Å². The van der Waals surface area contributed by atoms with Gasteiger partial charge in [0.15, 0.2) is 0 Å². The number of aromatic amines is 1. The summed E-state index contributed by atoms with van der Waals surface area (Å²) in [4.78, 5) is 13.5. The molecule has 1 heterocycles. The maximum absolute atomic E-state index is 10.9. The highest BCUT2D eigenvalue weighted by atomic mass is 16.3. The smallest absolute Gasteiger partial charge is 0.248 e. The zero-order valence-electron chi connectivity index (χ0n) is 8.24. The van der Waals surface area contributed by atoms with Gasteiger partial charge >= 0.3 is 0 Å². The van der Waals surface area contributed by atoms with Crippen LogP contribution < -0.4 is 5.56 Å². The fourth-order valence-corrected chi connectivity index (χ4v) is 1.14. The van der Waals surface area contributed by atoms with Crippen LogP contribution in [0.1, 0.15) is 13.8 Å². The summed E-state index contributed by atoms with van der Waals surface area (Å²) in [6.45, 7) is 4.00. The zero-order chi connectivity index (χ0) is 10.6. The van der Waals surface area contributed by atoms with E-state index < -0.39 is 0 Å². The second-order valence-electron chi connectivity index (χ2n) is 2.59. The van der Waals surface area contributed by atoms with E-state index in [1.807, 2.05) is 13.8 Å². The maximum Gasteiger partial charge on any atom is 0.248 e. The molecule has 1 aromatic carbocycles. The second kappa shape index (κ2) is 4.46. The molecule has 0 radical (unpaired) electrons. The van der Waals surface area contributed by atoms with Crippen molar-refractivity contribution < 1.29 is 5.11 Å². The Balaban J connectivity index is 0.000000461. The van der Waals surface area contributed by atoms with Gasteiger partial charge in [-0.3, -0.25) is 4.79 Å². The Morgan fingerprint density at radius 3 is 2.50 bits per heavy atom. The van der Waals surface area contributed by atoms with Crippen LogP contribution >= 0.6 is 0 Å². The summed E-state index contributed by atoms with van der Waals surface area (Å²) in [5, 5.41) is 10.0. The van der Waals surface area contributed by atoms with Gasteiger partial charge in [-0.25, -0.2) is 0 Å². The quantitative estimate of drug-likeness (QED) is 0.671. The number of hydrogen-bond donors (Lipinski definition) is 2. The van der Waals surface area contributed by atoms with Gasteiger partial charge in [0.05, 0.1) is 5.52 Å². The average molecular weight is 191 g/mol. The van der Waals surface area contributed by atoms with E-state index in [1.54, 1.807) is 18.2 Å². The number of nitrogens with one attached hydrogen (secondary N) is 1. The van der Waals surface area contributed by atoms with E-state index in [2.05, 4.69) is 4.98 Å². The Hall–Kier alpha value is -1.77. The van der Waals surface area contributed by atoms with Crippen LogP contribution in [0.4, 0.5) is 0 Å². The Labute approximate surface area is 82.0 Å². The van der Waals surface area contributed by atoms with Crippen molar-refractivity contribution >= 4 is 10.9 Å². The number of hydrogen-bond acceptors (Lipinski definition) is 2. The number of phenols is 1. The summed E-state index contributed by atoms with van der Waals surface area (Å²) in [7, 11) is 0. The molecule has 74 valence electrons. The van der Waals surface area contributed by atoms with Crippen LogP contribution in [-0.2, 0) is 0 Å². The van der Waals surface area contributed by atoms with Gasteiger partial charge in [0.1, 0.15) is 5.75 Å². The fourth-order valence-electron chi connectivity index (χ4n) is 1.14. The van der Waals surface area contributed by atoms with Crippen molar-refractivity contribution in [1.29, 1.82) is 0 Å². The standard InChI is InChI=1S/C9H7NO2.C2H6/c11-7-3-1-6-2-4-9(12)10-8(6)5-7;1-2/h1-5,11H,(H,10,12);1-2H3. The third-order valence-electron chi connectivity index (χ3n) is 1.71. The molecule has 0 amide bonds. The summed E-state index contributed by atoms with van der Waals surface area (Å²) >= 11 is 0. The first kappa shape index (κ1) is 10.3. The normalized spacial score (nSPS) is 9.29. The lowest BCUT2D eigenvalue weighted by molar-refractivity contribution is 0.476. The van der Waals surface area contributed by atoms with Gasteiger partial charge in [0.2, 0.25) is 5.56 Å². The van der Waals surface area contributed by atoms with Gasteiger partial charge in [-0.05, 0) is 23.6 Å². The predicted octanol–water partition coefficient (Wildman–Crippen LogP) is 2.26. The van der Waals surface area contributed by atoms with Gasteiger partial charge < -0.3 is 10.1 Å². The number of rotatable bonds is 0. The maximum atomic E-state index is 10.9. The van der Waals surface area contributed by atoms with E-state index in [-0.39, 0.29) is 11.3 Å². The van der Waals surface area contributed by atoms with Crippen LogP contribution in [0.3, 0.4) is 0 Å². The number of H-pyrrole nitrogens is 1. The van der Waals surface area contributed by atoms with E-state index in [0.29, 0.717) is 5.52 Å². The van der Waals surface area contributed by atoms with Crippen LogP contribution in [0.5, 0.6) is 5.75 Å². The highest BCUT2D eigenvalue weighted by Crippen LogP contribution is 2.15. The predicted molar refractivity (Wildman–Crippen MR) is 57.6 cm³/mol. The molecule has 0 saturated heterocycles. The van der Waals surface area contributed by atoms with Gasteiger partial charge in [0, 0.05) is 12.1 Å². The molecular formula is C11H13NO2. The topological polar surface area (TPSA) is 53.1 Å². The highest BCUT2D eigenvalue weighted by molar-refractivity contribution is 5.79. The molecule has 3 heteroatoms. The van der Waals surface area contributed by atoms with E-state index in [1.165, 1.54) is 12.1 Å². The molecule has 3 nitrogen and oxygen atoms in total. The Morgan fingerprint density at radius 2 is 1.79 bits per heavy atom. The Kier molecular flexibility index (Phi) is 3.29. The summed E-state index contributed by atoms with van der Waals surface area (Å²) in [6.07, 6.45) is 0. The molecule has 0 aliphatic rings. The van der Waals surface area contributed by atoms with E-state index in [9.17, 15) is 4.79 Å². The monoisotopic (exact) mass is 191 g/mol. The first-order valence-corrected chi connectivity index (χ1v) is 4.58. The lowest BCUT2D eigenvalue weighted by Gasteiger charge is -1.96.